The van der Waals surface area contributed by atoms with E-state index in [0.29, 0.717) is 16.7 Å². The fraction of sp³-hybridized carbons (Fsp3) is 0.308. The number of halogens is 1. The van der Waals surface area contributed by atoms with Crippen LogP contribution in [0.2, 0.25) is 0 Å². The minimum atomic E-state index is -0.251. The van der Waals surface area contributed by atoms with Crippen molar-refractivity contribution in [3.05, 3.63) is 35.9 Å². The Bertz CT molecular complexity index is 605. The number of hydrogen-bond donors (Lipinski definition) is 1. The van der Waals surface area contributed by atoms with E-state index in [4.69, 9.17) is 5.73 Å². The van der Waals surface area contributed by atoms with Crippen molar-refractivity contribution >= 4 is 23.7 Å². The van der Waals surface area contributed by atoms with Crippen LogP contribution in [0.1, 0.15) is 18.0 Å². The molecule has 2 aromatic rings. The maximum Gasteiger partial charge on any atom is 0.229 e. The van der Waals surface area contributed by atoms with Crippen LogP contribution < -0.4 is 10.6 Å². The van der Waals surface area contributed by atoms with Crippen molar-refractivity contribution in [1.82, 2.24) is 15.0 Å². The average Bonchev–Trinajstić information content (AvgIpc) is 2.40. The van der Waals surface area contributed by atoms with E-state index >= 15 is 0 Å². The number of aromatic nitrogens is 3. The molecule has 1 atom stereocenters. The Morgan fingerprint density at radius 1 is 1.20 bits per heavy atom. The van der Waals surface area contributed by atoms with Crippen LogP contribution in [0.4, 0.5) is 16.3 Å². The molecule has 0 fully saturated rings. The van der Waals surface area contributed by atoms with Crippen LogP contribution in [0.15, 0.2) is 29.2 Å². The van der Waals surface area contributed by atoms with Gasteiger partial charge in [-0.3, -0.25) is 0 Å². The van der Waals surface area contributed by atoms with Crippen LogP contribution in [0.3, 0.4) is 0 Å². The quantitative estimate of drug-likeness (QED) is 0.874. The average molecular weight is 293 g/mol. The monoisotopic (exact) mass is 293 g/mol. The predicted octanol–water partition coefficient (Wildman–Crippen LogP) is 2.51. The van der Waals surface area contributed by atoms with E-state index in [-0.39, 0.29) is 17.0 Å². The molecule has 0 aliphatic rings. The second-order valence-electron chi connectivity index (χ2n) is 4.44. The molecule has 0 aliphatic heterocycles. The van der Waals surface area contributed by atoms with Gasteiger partial charge >= 0.3 is 0 Å². The number of nitrogens with two attached hydrogens (primary N) is 1. The van der Waals surface area contributed by atoms with Crippen molar-refractivity contribution in [1.29, 1.82) is 0 Å². The van der Waals surface area contributed by atoms with E-state index in [0.717, 1.165) is 0 Å². The highest BCUT2D eigenvalue weighted by Gasteiger charge is 2.16. The molecule has 20 heavy (non-hydrogen) atoms. The van der Waals surface area contributed by atoms with E-state index in [1.807, 2.05) is 21.0 Å². The molecule has 0 saturated heterocycles. The summed E-state index contributed by atoms with van der Waals surface area (Å²) < 4.78 is 13.6. The lowest BCUT2D eigenvalue weighted by molar-refractivity contribution is 0.601. The van der Waals surface area contributed by atoms with E-state index in [2.05, 4.69) is 15.0 Å². The zero-order valence-corrected chi connectivity index (χ0v) is 12.4. The largest absolute Gasteiger partial charge is 0.368 e. The van der Waals surface area contributed by atoms with Crippen molar-refractivity contribution in [2.45, 2.75) is 17.1 Å². The molecule has 2 rings (SSSR count). The Balaban J connectivity index is 2.25. The lowest BCUT2D eigenvalue weighted by Gasteiger charge is -2.15. The third-order valence-electron chi connectivity index (χ3n) is 2.56. The number of anilines is 2. The molecule has 0 bridgehead atoms. The summed E-state index contributed by atoms with van der Waals surface area (Å²) >= 11 is 1.35. The predicted molar refractivity (Wildman–Crippen MR) is 79.2 cm³/mol. The van der Waals surface area contributed by atoms with Gasteiger partial charge in [0.15, 0.2) is 0 Å². The first-order valence-electron chi connectivity index (χ1n) is 6.07. The molecule has 2 N–H and O–H groups in total. The zero-order chi connectivity index (χ0) is 14.7. The van der Waals surface area contributed by atoms with E-state index in [9.17, 15) is 4.39 Å². The summed E-state index contributed by atoms with van der Waals surface area (Å²) in [6, 6.07) is 6.62. The second kappa shape index (κ2) is 6.04. The fourth-order valence-corrected chi connectivity index (χ4v) is 2.49. The van der Waals surface area contributed by atoms with Gasteiger partial charge in [0.1, 0.15) is 11.6 Å². The molecule has 0 aliphatic carbocycles. The SMILES string of the molecule is C[C@H](Sc1ccccc1F)c1nc(N)nc(N(C)C)n1. The number of rotatable bonds is 4. The Morgan fingerprint density at radius 2 is 1.90 bits per heavy atom. The fourth-order valence-electron chi connectivity index (χ4n) is 1.56. The molecule has 106 valence electrons. The molecule has 0 spiro atoms. The van der Waals surface area contributed by atoms with Gasteiger partial charge in [0.25, 0.3) is 0 Å². The van der Waals surface area contributed by atoms with Gasteiger partial charge in [0, 0.05) is 19.0 Å². The smallest absolute Gasteiger partial charge is 0.229 e. The van der Waals surface area contributed by atoms with Crippen molar-refractivity contribution in [3.8, 4) is 0 Å². The molecular weight excluding hydrogens is 277 g/mol. The van der Waals surface area contributed by atoms with E-state index in [1.54, 1.807) is 23.1 Å². The molecular formula is C13H16FN5S. The van der Waals surface area contributed by atoms with E-state index < -0.39 is 0 Å². The normalized spacial score (nSPS) is 12.2. The first-order chi connectivity index (χ1) is 9.47. The van der Waals surface area contributed by atoms with Gasteiger partial charge in [-0.15, -0.1) is 11.8 Å². The van der Waals surface area contributed by atoms with Crippen molar-refractivity contribution in [2.75, 3.05) is 24.7 Å². The van der Waals surface area contributed by atoms with Crippen molar-refractivity contribution < 1.29 is 4.39 Å². The molecule has 0 radical (unpaired) electrons. The summed E-state index contributed by atoms with van der Waals surface area (Å²) in [6.07, 6.45) is 0. The summed E-state index contributed by atoms with van der Waals surface area (Å²) in [5, 5.41) is -0.129. The Morgan fingerprint density at radius 3 is 2.55 bits per heavy atom. The summed E-state index contributed by atoms with van der Waals surface area (Å²) in [7, 11) is 3.65. The molecule has 0 saturated carbocycles. The van der Waals surface area contributed by atoms with E-state index in [1.165, 1.54) is 17.8 Å². The van der Waals surface area contributed by atoms with Crippen LogP contribution in [-0.2, 0) is 0 Å². The third kappa shape index (κ3) is 3.36. The zero-order valence-electron chi connectivity index (χ0n) is 11.5. The minimum absolute atomic E-state index is 0.129. The number of nitrogen functional groups attached to an aromatic ring is 1. The van der Waals surface area contributed by atoms with Gasteiger partial charge in [0.2, 0.25) is 11.9 Å². The summed E-state index contributed by atoms with van der Waals surface area (Å²) in [5.74, 6) is 0.946. The number of thioether (sulfide) groups is 1. The molecule has 1 aromatic heterocycles. The minimum Gasteiger partial charge on any atom is -0.368 e. The Labute approximate surface area is 121 Å². The van der Waals surface area contributed by atoms with Gasteiger partial charge in [-0.05, 0) is 19.1 Å². The van der Waals surface area contributed by atoms with Gasteiger partial charge in [-0.25, -0.2) is 4.39 Å². The number of benzene rings is 1. The van der Waals surface area contributed by atoms with Crippen LogP contribution in [0.5, 0.6) is 0 Å². The van der Waals surface area contributed by atoms with Crippen LogP contribution in [0, 0.1) is 5.82 Å². The standard InChI is InChI=1S/C13H16FN5S/c1-8(20-10-7-5-4-6-9(10)14)11-16-12(15)18-13(17-11)19(2)3/h4-8H,1-3H3,(H2,15,16,17,18)/t8-/m0/s1. The number of nitrogens with zero attached hydrogens (tertiary/aromatic N) is 4. The van der Waals surface area contributed by atoms with Crippen LogP contribution in [0.25, 0.3) is 0 Å². The summed E-state index contributed by atoms with van der Waals surface area (Å²) in [4.78, 5) is 14.8. The molecule has 5 nitrogen and oxygen atoms in total. The highest BCUT2D eigenvalue weighted by Crippen LogP contribution is 2.34. The Hall–Kier alpha value is -1.89. The maximum absolute atomic E-state index is 13.6. The van der Waals surface area contributed by atoms with Crippen LogP contribution in [-0.4, -0.2) is 29.0 Å². The van der Waals surface area contributed by atoms with Gasteiger partial charge in [-0.1, -0.05) is 12.1 Å². The maximum atomic E-state index is 13.6. The highest BCUT2D eigenvalue weighted by molar-refractivity contribution is 7.99. The van der Waals surface area contributed by atoms with Gasteiger partial charge < -0.3 is 10.6 Å². The van der Waals surface area contributed by atoms with Gasteiger partial charge in [-0.2, -0.15) is 15.0 Å². The first kappa shape index (κ1) is 14.5. The highest BCUT2D eigenvalue weighted by atomic mass is 32.2. The molecule has 7 heteroatoms. The number of hydrogen-bond acceptors (Lipinski definition) is 6. The van der Waals surface area contributed by atoms with Crippen molar-refractivity contribution in [2.24, 2.45) is 0 Å². The summed E-state index contributed by atoms with van der Waals surface area (Å²) in [6.45, 7) is 1.91. The first-order valence-corrected chi connectivity index (χ1v) is 6.95. The molecule has 1 heterocycles. The summed E-state index contributed by atoms with van der Waals surface area (Å²) in [5.41, 5.74) is 5.69. The van der Waals surface area contributed by atoms with Crippen LogP contribution >= 0.6 is 11.8 Å². The molecule has 1 aromatic carbocycles. The van der Waals surface area contributed by atoms with Gasteiger partial charge in [0.05, 0.1) is 5.25 Å². The third-order valence-corrected chi connectivity index (χ3v) is 3.71. The Kier molecular flexibility index (Phi) is 4.39. The van der Waals surface area contributed by atoms with Crippen molar-refractivity contribution in [3.63, 3.8) is 0 Å². The molecule has 0 amide bonds. The lowest BCUT2D eigenvalue weighted by Crippen LogP contribution is -2.16. The topological polar surface area (TPSA) is 67.9 Å². The second-order valence-corrected chi connectivity index (χ2v) is 5.82. The lowest BCUT2D eigenvalue weighted by atomic mass is 10.3. The molecule has 0 unspecified atom stereocenters.